The van der Waals surface area contributed by atoms with Gasteiger partial charge in [0.1, 0.15) is 11.6 Å². The van der Waals surface area contributed by atoms with Crippen LogP contribution in [0.4, 0.5) is 4.79 Å². The Labute approximate surface area is 131 Å². The SMILES string of the molecule is CO[C@@H]1C[C@@H](C(=O)N2CCOCC2)N(C(=O)OC(C)(C)C)C1. The molecule has 0 saturated carbocycles. The molecule has 0 aromatic carbocycles. The number of carbonyl (C=O) groups is 2. The van der Waals surface area contributed by atoms with E-state index in [-0.39, 0.29) is 12.0 Å². The van der Waals surface area contributed by atoms with Gasteiger partial charge in [-0.3, -0.25) is 9.69 Å². The molecule has 2 atom stereocenters. The first kappa shape index (κ1) is 17.0. The summed E-state index contributed by atoms with van der Waals surface area (Å²) in [6, 6.07) is -0.516. The van der Waals surface area contributed by atoms with Gasteiger partial charge in [-0.1, -0.05) is 0 Å². The van der Waals surface area contributed by atoms with Crippen LogP contribution in [0, 0.1) is 0 Å². The highest BCUT2D eigenvalue weighted by Crippen LogP contribution is 2.24. The van der Waals surface area contributed by atoms with E-state index in [2.05, 4.69) is 0 Å². The highest BCUT2D eigenvalue weighted by atomic mass is 16.6. The number of ether oxygens (including phenoxy) is 3. The number of morpholine rings is 1. The van der Waals surface area contributed by atoms with Gasteiger partial charge in [0.15, 0.2) is 0 Å². The summed E-state index contributed by atoms with van der Waals surface area (Å²) in [6.07, 6.45) is -0.0903. The third-order valence-electron chi connectivity index (χ3n) is 3.83. The summed E-state index contributed by atoms with van der Waals surface area (Å²) in [7, 11) is 1.60. The van der Waals surface area contributed by atoms with Gasteiger partial charge < -0.3 is 19.1 Å². The maximum Gasteiger partial charge on any atom is 0.411 e. The van der Waals surface area contributed by atoms with Gasteiger partial charge in [-0.15, -0.1) is 0 Å². The third kappa shape index (κ3) is 4.10. The fourth-order valence-electron chi connectivity index (χ4n) is 2.72. The van der Waals surface area contributed by atoms with Crippen molar-refractivity contribution in [3.8, 4) is 0 Å². The Morgan fingerprint density at radius 2 is 1.82 bits per heavy atom. The molecular formula is C15H26N2O5. The van der Waals surface area contributed by atoms with E-state index >= 15 is 0 Å². The van der Waals surface area contributed by atoms with Crippen molar-refractivity contribution in [1.82, 2.24) is 9.80 Å². The average molecular weight is 314 g/mol. The second-order valence-corrected chi connectivity index (χ2v) is 6.68. The molecule has 0 radical (unpaired) electrons. The fourth-order valence-corrected chi connectivity index (χ4v) is 2.72. The van der Waals surface area contributed by atoms with Gasteiger partial charge in [0, 0.05) is 26.6 Å². The molecule has 2 aliphatic heterocycles. The second kappa shape index (κ2) is 6.83. The van der Waals surface area contributed by atoms with Crippen LogP contribution < -0.4 is 0 Å². The third-order valence-corrected chi connectivity index (χ3v) is 3.83. The van der Waals surface area contributed by atoms with Gasteiger partial charge in [0.05, 0.1) is 25.9 Å². The van der Waals surface area contributed by atoms with Crippen LogP contribution in [0.25, 0.3) is 0 Å². The normalized spacial score (nSPS) is 26.2. The minimum Gasteiger partial charge on any atom is -0.444 e. The molecule has 0 spiro atoms. The summed E-state index contributed by atoms with van der Waals surface area (Å²) in [5, 5.41) is 0. The molecule has 0 aromatic heterocycles. The highest BCUT2D eigenvalue weighted by Gasteiger charge is 2.43. The number of nitrogens with zero attached hydrogens (tertiary/aromatic N) is 2. The quantitative estimate of drug-likeness (QED) is 0.756. The fraction of sp³-hybridized carbons (Fsp3) is 0.867. The van der Waals surface area contributed by atoms with E-state index in [1.54, 1.807) is 12.0 Å². The van der Waals surface area contributed by atoms with Gasteiger partial charge in [0.25, 0.3) is 0 Å². The molecule has 2 heterocycles. The minimum atomic E-state index is -0.588. The van der Waals surface area contributed by atoms with Crippen LogP contribution >= 0.6 is 0 Å². The van der Waals surface area contributed by atoms with E-state index in [1.165, 1.54) is 4.90 Å². The number of methoxy groups -OCH3 is 1. The first-order valence-electron chi connectivity index (χ1n) is 7.71. The van der Waals surface area contributed by atoms with Gasteiger partial charge in [-0.25, -0.2) is 4.79 Å². The minimum absolute atomic E-state index is 0.0475. The van der Waals surface area contributed by atoms with E-state index < -0.39 is 17.7 Å². The van der Waals surface area contributed by atoms with Crippen LogP contribution in [-0.2, 0) is 19.0 Å². The predicted octanol–water partition coefficient (Wildman–Crippen LogP) is 0.870. The van der Waals surface area contributed by atoms with Crippen LogP contribution in [-0.4, -0.2) is 79.5 Å². The average Bonchev–Trinajstić information content (AvgIpc) is 2.90. The first-order chi connectivity index (χ1) is 10.3. The Balaban J connectivity index is 2.08. The van der Waals surface area contributed by atoms with Gasteiger partial charge >= 0.3 is 6.09 Å². The lowest BCUT2D eigenvalue weighted by molar-refractivity contribution is -0.140. The Kier molecular flexibility index (Phi) is 5.28. The van der Waals surface area contributed by atoms with Crippen molar-refractivity contribution in [3.05, 3.63) is 0 Å². The molecule has 2 fully saturated rings. The predicted molar refractivity (Wildman–Crippen MR) is 79.5 cm³/mol. The Morgan fingerprint density at radius 1 is 1.18 bits per heavy atom. The van der Waals surface area contributed by atoms with E-state index in [9.17, 15) is 9.59 Å². The largest absolute Gasteiger partial charge is 0.444 e. The first-order valence-corrected chi connectivity index (χ1v) is 7.71. The number of amides is 2. The van der Waals surface area contributed by atoms with E-state index in [1.807, 2.05) is 20.8 Å². The van der Waals surface area contributed by atoms with Crippen LogP contribution in [0.1, 0.15) is 27.2 Å². The molecule has 2 amide bonds. The summed E-state index contributed by atoms with van der Waals surface area (Å²) in [5.41, 5.74) is -0.588. The molecule has 0 bridgehead atoms. The molecule has 0 N–H and O–H groups in total. The van der Waals surface area contributed by atoms with E-state index in [4.69, 9.17) is 14.2 Å². The zero-order valence-electron chi connectivity index (χ0n) is 13.8. The molecule has 2 saturated heterocycles. The zero-order chi connectivity index (χ0) is 16.3. The summed E-state index contributed by atoms with van der Waals surface area (Å²) in [6.45, 7) is 8.03. The van der Waals surface area contributed by atoms with E-state index in [0.29, 0.717) is 39.3 Å². The smallest absolute Gasteiger partial charge is 0.411 e. The van der Waals surface area contributed by atoms with Gasteiger partial charge in [0.2, 0.25) is 5.91 Å². The van der Waals surface area contributed by atoms with Crippen LogP contribution in [0.3, 0.4) is 0 Å². The summed E-state index contributed by atoms with van der Waals surface area (Å²) < 4.78 is 16.0. The number of hydrogen-bond acceptors (Lipinski definition) is 5. The monoisotopic (exact) mass is 314 g/mol. The highest BCUT2D eigenvalue weighted by molar-refractivity contribution is 5.86. The van der Waals surface area contributed by atoms with Gasteiger partial charge in [-0.05, 0) is 20.8 Å². The Morgan fingerprint density at radius 3 is 2.36 bits per heavy atom. The van der Waals surface area contributed by atoms with Crippen LogP contribution in [0.2, 0.25) is 0 Å². The molecule has 7 nitrogen and oxygen atoms in total. The molecule has 0 unspecified atom stereocenters. The molecule has 126 valence electrons. The van der Waals surface area contributed by atoms with E-state index in [0.717, 1.165) is 0 Å². The van der Waals surface area contributed by atoms with Crippen LogP contribution in [0.15, 0.2) is 0 Å². The van der Waals surface area contributed by atoms with Crippen LogP contribution in [0.5, 0.6) is 0 Å². The standard InChI is InChI=1S/C15H26N2O5/c1-15(2,3)22-14(19)17-10-11(20-4)9-12(17)13(18)16-5-7-21-8-6-16/h11-12H,5-10H2,1-4H3/t11-,12+/m1/s1. The van der Waals surface area contributed by atoms with Crippen molar-refractivity contribution < 1.29 is 23.8 Å². The van der Waals surface area contributed by atoms with Crippen molar-refractivity contribution in [2.45, 2.75) is 44.9 Å². The number of carbonyl (C=O) groups excluding carboxylic acids is 2. The summed E-state index contributed by atoms with van der Waals surface area (Å²) in [5.74, 6) is -0.0475. The number of rotatable bonds is 2. The van der Waals surface area contributed by atoms with Gasteiger partial charge in [-0.2, -0.15) is 0 Å². The molecular weight excluding hydrogens is 288 g/mol. The maximum absolute atomic E-state index is 12.7. The molecule has 22 heavy (non-hydrogen) atoms. The van der Waals surface area contributed by atoms with Crippen molar-refractivity contribution in [1.29, 1.82) is 0 Å². The lowest BCUT2D eigenvalue weighted by Gasteiger charge is -2.33. The molecule has 7 heteroatoms. The van der Waals surface area contributed by atoms with Crippen molar-refractivity contribution in [2.24, 2.45) is 0 Å². The Bertz CT molecular complexity index is 415. The van der Waals surface area contributed by atoms with Crippen molar-refractivity contribution in [3.63, 3.8) is 0 Å². The zero-order valence-corrected chi connectivity index (χ0v) is 13.8. The lowest BCUT2D eigenvalue weighted by atomic mass is 10.1. The summed E-state index contributed by atoms with van der Waals surface area (Å²) in [4.78, 5) is 28.3. The number of likely N-dealkylation sites (tertiary alicyclic amines) is 1. The molecule has 2 aliphatic rings. The molecule has 0 aliphatic carbocycles. The van der Waals surface area contributed by atoms with Crippen molar-refractivity contribution in [2.75, 3.05) is 40.0 Å². The number of hydrogen-bond donors (Lipinski definition) is 0. The summed E-state index contributed by atoms with van der Waals surface area (Å²) >= 11 is 0. The second-order valence-electron chi connectivity index (χ2n) is 6.68. The topological polar surface area (TPSA) is 68.3 Å². The lowest BCUT2D eigenvalue weighted by Crippen LogP contribution is -2.51. The molecule has 2 rings (SSSR count). The van der Waals surface area contributed by atoms with Crippen molar-refractivity contribution >= 4 is 12.0 Å². The maximum atomic E-state index is 12.7. The Hall–Kier alpha value is -1.34. The molecule has 0 aromatic rings.